The van der Waals surface area contributed by atoms with Crippen LogP contribution in [0.3, 0.4) is 0 Å². The van der Waals surface area contributed by atoms with Gasteiger partial charge in [-0.25, -0.2) is 0 Å². The first-order valence-electron chi connectivity index (χ1n) is 3.17. The van der Waals surface area contributed by atoms with Crippen LogP contribution in [-0.4, -0.2) is 39.2 Å². The molecule has 0 saturated carbocycles. The fourth-order valence-corrected chi connectivity index (χ4v) is 1.08. The van der Waals surface area contributed by atoms with Crippen LogP contribution in [0.5, 0.6) is 0 Å². The molecule has 1 aromatic rings. The molecule has 0 aromatic heterocycles. The third kappa shape index (κ3) is 1.37. The number of hydrogen-bond acceptors (Lipinski definition) is 1. The molecule has 1 aromatic carbocycles. The topological polar surface area (TPSA) is 0 Å². The Kier molecular flexibility index (Phi) is 2.77. The van der Waals surface area contributed by atoms with Gasteiger partial charge in [-0.3, -0.25) is 0 Å². The van der Waals surface area contributed by atoms with Gasteiger partial charge in [0.25, 0.3) is 0 Å². The molecule has 0 bridgehead atoms. The third-order valence-corrected chi connectivity index (χ3v) is 2.15. The van der Waals surface area contributed by atoms with Crippen molar-refractivity contribution in [2.75, 3.05) is 0 Å². The first kappa shape index (κ1) is 9.98. The van der Waals surface area contributed by atoms with E-state index in [9.17, 15) is 0 Å². The summed E-state index contributed by atoms with van der Waals surface area (Å²) in [6.07, 6.45) is 0. The van der Waals surface area contributed by atoms with Crippen LogP contribution in [0.1, 0.15) is 0 Å². The second-order valence-electron chi connectivity index (χ2n) is 2.42. The molecular weight excluding hydrogens is 158 g/mol. The maximum Gasteiger partial charge on any atom is 0.114 e. The van der Waals surface area contributed by atoms with Crippen molar-refractivity contribution in [3.05, 3.63) is 0 Å². The second kappa shape index (κ2) is 3.33. The van der Waals surface area contributed by atoms with Crippen LogP contribution in [0.4, 0.5) is 0 Å². The fraction of sp³-hybridized carbons (Fsp3) is 0. The molecule has 0 saturated heterocycles. The Morgan fingerprint density at radius 3 is 1.17 bits per heavy atom. The van der Waals surface area contributed by atoms with Gasteiger partial charge in [-0.1, -0.05) is 10.9 Å². The molecule has 0 atom stereocenters. The molecule has 0 spiro atoms. The van der Waals surface area contributed by atoms with Crippen molar-refractivity contribution in [2.45, 2.75) is 4.90 Å². The van der Waals surface area contributed by atoms with E-state index in [1.807, 2.05) is 0 Å². The zero-order valence-electron chi connectivity index (χ0n) is 6.33. The van der Waals surface area contributed by atoms with E-state index in [4.69, 9.17) is 39.2 Å². The molecule has 0 fully saturated rings. The monoisotopic (exact) mass is 160 g/mol. The van der Waals surface area contributed by atoms with Gasteiger partial charge in [-0.05, 0) is 4.90 Å². The Labute approximate surface area is 84.3 Å². The number of thiol groups is 1. The Balaban J connectivity index is 3.60. The minimum atomic E-state index is 0.211. The zero-order chi connectivity index (χ0) is 9.46. The predicted molar refractivity (Wildman–Crippen MR) is 60.6 cm³/mol. The van der Waals surface area contributed by atoms with Gasteiger partial charge in [-0.2, -0.15) is 0 Å². The van der Waals surface area contributed by atoms with Crippen molar-refractivity contribution >= 4 is 79.2 Å². The molecule has 1 rings (SSSR count). The second-order valence-corrected chi connectivity index (χ2v) is 2.86. The number of rotatable bonds is 0. The van der Waals surface area contributed by atoms with Gasteiger partial charge in [0.15, 0.2) is 0 Å². The summed E-state index contributed by atoms with van der Waals surface area (Å²) in [6, 6.07) is 0. The predicted octanol–water partition coefficient (Wildman–Crippen LogP) is -4.06. The van der Waals surface area contributed by atoms with Crippen LogP contribution in [0.15, 0.2) is 4.90 Å². The van der Waals surface area contributed by atoms with Crippen LogP contribution < -0.4 is 27.3 Å². The lowest BCUT2D eigenvalue weighted by molar-refractivity contribution is 1.69. The highest BCUT2D eigenvalue weighted by atomic mass is 32.1. The third-order valence-electron chi connectivity index (χ3n) is 1.67. The lowest BCUT2D eigenvalue weighted by atomic mass is 9.62. The summed E-state index contributed by atoms with van der Waals surface area (Å²) in [7, 11) is 27.6. The normalized spacial score (nSPS) is 10.1. The van der Waals surface area contributed by atoms with Crippen LogP contribution in [0, 0.1) is 0 Å². The Bertz CT molecular complexity index is 230. The molecule has 0 aliphatic rings. The molecule has 0 heterocycles. The molecule has 46 valence electrons. The molecule has 10 radical (unpaired) electrons. The molecule has 0 nitrogen and oxygen atoms in total. The van der Waals surface area contributed by atoms with Gasteiger partial charge in [0, 0.05) is 0 Å². The SMILES string of the molecule is [B]c1c([B])c([B])c(S)c([B])c1[B]. The van der Waals surface area contributed by atoms with Gasteiger partial charge in [-0.15, -0.1) is 29.0 Å². The van der Waals surface area contributed by atoms with Crippen molar-refractivity contribution in [3.8, 4) is 0 Å². The first-order valence-corrected chi connectivity index (χ1v) is 3.61. The average molecular weight is 159 g/mol. The molecule has 0 N–H and O–H groups in total. The molecule has 0 amide bonds. The minimum absolute atomic E-state index is 0.211. The maximum atomic E-state index is 5.54. The summed E-state index contributed by atoms with van der Waals surface area (Å²) in [5.41, 5.74) is 1.20. The lowest BCUT2D eigenvalue weighted by Gasteiger charge is -2.17. The van der Waals surface area contributed by atoms with E-state index in [2.05, 4.69) is 12.6 Å². The average Bonchev–Trinajstić information content (AvgIpc) is 2.08. The lowest BCUT2D eigenvalue weighted by Crippen LogP contribution is -2.54. The van der Waals surface area contributed by atoms with E-state index < -0.39 is 0 Å². The molecule has 6 heteroatoms. The highest BCUT2D eigenvalue weighted by Crippen LogP contribution is 1.89. The van der Waals surface area contributed by atoms with E-state index in [0.717, 1.165) is 0 Å². The van der Waals surface area contributed by atoms with Crippen LogP contribution >= 0.6 is 12.6 Å². The standard InChI is InChI=1S/C6HB5S/c7-1-2(8)4(10)6(12)5(11)3(1)9/h12H. The van der Waals surface area contributed by atoms with Crippen molar-refractivity contribution in [1.82, 2.24) is 0 Å². The van der Waals surface area contributed by atoms with Gasteiger partial charge in [0.2, 0.25) is 0 Å². The van der Waals surface area contributed by atoms with Crippen molar-refractivity contribution in [1.29, 1.82) is 0 Å². The zero-order valence-corrected chi connectivity index (χ0v) is 7.23. The maximum absolute atomic E-state index is 5.54. The van der Waals surface area contributed by atoms with Crippen molar-refractivity contribution < 1.29 is 0 Å². The van der Waals surface area contributed by atoms with Crippen LogP contribution in [0.25, 0.3) is 0 Å². The van der Waals surface area contributed by atoms with Crippen LogP contribution in [-0.2, 0) is 0 Å². The van der Waals surface area contributed by atoms with E-state index >= 15 is 0 Å². The summed E-state index contributed by atoms with van der Waals surface area (Å²) in [5.74, 6) is 0. The largest absolute Gasteiger partial charge is 0.145 e. The first-order chi connectivity index (χ1) is 5.46. The molecule has 0 aliphatic heterocycles. The smallest absolute Gasteiger partial charge is 0.114 e. The van der Waals surface area contributed by atoms with E-state index in [-0.39, 0.29) is 27.3 Å². The number of hydrogen-bond donors (Lipinski definition) is 1. The summed E-state index contributed by atoms with van der Waals surface area (Å²) in [6.45, 7) is 0. The quantitative estimate of drug-likeness (QED) is 0.289. The van der Waals surface area contributed by atoms with Gasteiger partial charge in [0.1, 0.15) is 39.2 Å². The van der Waals surface area contributed by atoms with E-state index in [1.54, 1.807) is 0 Å². The molecule has 12 heavy (non-hydrogen) atoms. The van der Waals surface area contributed by atoms with Gasteiger partial charge < -0.3 is 0 Å². The van der Waals surface area contributed by atoms with Gasteiger partial charge in [0.05, 0.1) is 0 Å². The van der Waals surface area contributed by atoms with Crippen LogP contribution in [0.2, 0.25) is 0 Å². The fourth-order valence-electron chi connectivity index (χ4n) is 0.835. The van der Waals surface area contributed by atoms with E-state index in [0.29, 0.717) is 4.90 Å². The van der Waals surface area contributed by atoms with E-state index in [1.165, 1.54) is 0 Å². The van der Waals surface area contributed by atoms with Crippen molar-refractivity contribution in [3.63, 3.8) is 0 Å². The molecular formula is C6HB5S. The summed E-state index contributed by atoms with van der Waals surface area (Å²) < 4.78 is 0. The Morgan fingerprint density at radius 1 is 0.583 bits per heavy atom. The number of benzene rings is 1. The summed E-state index contributed by atoms with van der Waals surface area (Å²) in [4.78, 5) is 0.374. The molecule has 0 aliphatic carbocycles. The Hall–Kier alpha value is -0.105. The van der Waals surface area contributed by atoms with Crippen molar-refractivity contribution in [2.24, 2.45) is 0 Å². The Morgan fingerprint density at radius 2 is 0.833 bits per heavy atom. The summed E-state index contributed by atoms with van der Waals surface area (Å²) >= 11 is 4.03. The highest BCUT2D eigenvalue weighted by Gasteiger charge is 2.06. The van der Waals surface area contributed by atoms with Gasteiger partial charge >= 0.3 is 0 Å². The highest BCUT2D eigenvalue weighted by molar-refractivity contribution is 7.80. The molecule has 0 unspecified atom stereocenters. The minimum Gasteiger partial charge on any atom is -0.145 e. The summed E-state index contributed by atoms with van der Waals surface area (Å²) in [5, 5.41) is 0.